The Morgan fingerprint density at radius 1 is 1.18 bits per heavy atom. The van der Waals surface area contributed by atoms with E-state index in [9.17, 15) is 13.6 Å². The molecule has 17 heavy (non-hydrogen) atoms. The summed E-state index contributed by atoms with van der Waals surface area (Å²) in [5.41, 5.74) is 4.54. The normalized spacial score (nSPS) is 10.2. The van der Waals surface area contributed by atoms with Crippen LogP contribution in [0, 0.1) is 11.6 Å². The molecule has 0 unspecified atom stereocenters. The number of aromatic nitrogens is 2. The maximum Gasteiger partial charge on any atom is 0.267 e. The minimum atomic E-state index is -0.799. The van der Waals surface area contributed by atoms with Crippen LogP contribution < -0.4 is 5.73 Å². The summed E-state index contributed by atoms with van der Waals surface area (Å²) in [5.74, 6) is -2.60. The summed E-state index contributed by atoms with van der Waals surface area (Å²) in [4.78, 5) is 18.3. The van der Waals surface area contributed by atoms with Crippen molar-refractivity contribution < 1.29 is 13.6 Å². The molecular formula is C11H7F2N3O. The highest BCUT2D eigenvalue weighted by Gasteiger charge is 2.14. The van der Waals surface area contributed by atoms with Crippen LogP contribution in [0.5, 0.6) is 0 Å². The molecule has 0 saturated carbocycles. The molecule has 0 saturated heterocycles. The van der Waals surface area contributed by atoms with Crippen molar-refractivity contribution in [1.82, 2.24) is 9.97 Å². The van der Waals surface area contributed by atoms with E-state index in [0.29, 0.717) is 0 Å². The molecule has 2 aromatic rings. The van der Waals surface area contributed by atoms with Gasteiger partial charge >= 0.3 is 0 Å². The molecule has 1 heterocycles. The van der Waals surface area contributed by atoms with Gasteiger partial charge in [-0.25, -0.2) is 18.7 Å². The van der Waals surface area contributed by atoms with Crippen molar-refractivity contribution >= 4 is 5.91 Å². The first-order valence-electron chi connectivity index (χ1n) is 4.67. The summed E-state index contributed by atoms with van der Waals surface area (Å²) in [5, 5.41) is 0. The van der Waals surface area contributed by atoms with Gasteiger partial charge in [-0.15, -0.1) is 0 Å². The summed E-state index contributed by atoms with van der Waals surface area (Å²) in [6.07, 6.45) is 1.22. The molecule has 0 aliphatic heterocycles. The molecule has 1 amide bonds. The van der Waals surface area contributed by atoms with Crippen molar-refractivity contribution in [3.63, 3.8) is 0 Å². The Hall–Kier alpha value is -2.37. The molecule has 86 valence electrons. The van der Waals surface area contributed by atoms with Gasteiger partial charge in [0.1, 0.15) is 17.3 Å². The fraction of sp³-hybridized carbons (Fsp3) is 0. The number of carbonyl (C=O) groups excluding carboxylic acids is 1. The zero-order valence-corrected chi connectivity index (χ0v) is 8.52. The van der Waals surface area contributed by atoms with E-state index in [4.69, 9.17) is 5.73 Å². The number of amides is 1. The summed E-state index contributed by atoms with van der Waals surface area (Å²) in [6.45, 7) is 0. The van der Waals surface area contributed by atoms with Crippen LogP contribution in [0.2, 0.25) is 0 Å². The van der Waals surface area contributed by atoms with Gasteiger partial charge in [-0.1, -0.05) is 6.07 Å². The lowest BCUT2D eigenvalue weighted by Crippen LogP contribution is -2.14. The molecule has 6 heteroatoms. The molecule has 1 aromatic heterocycles. The second-order valence-corrected chi connectivity index (χ2v) is 3.23. The Kier molecular flexibility index (Phi) is 2.78. The molecule has 0 aliphatic carbocycles. The minimum absolute atomic E-state index is 0.0994. The minimum Gasteiger partial charge on any atom is -0.364 e. The van der Waals surface area contributed by atoms with Gasteiger partial charge in [0.05, 0.1) is 5.56 Å². The quantitative estimate of drug-likeness (QED) is 0.857. The standard InChI is InChI=1S/C11H7F2N3O/c12-6-2-1-3-7(13)9(6)11-15-5-4-8(16-11)10(14)17/h1-5H,(H2,14,17). The summed E-state index contributed by atoms with van der Waals surface area (Å²) in [6, 6.07) is 4.66. The number of benzene rings is 1. The maximum atomic E-state index is 13.4. The van der Waals surface area contributed by atoms with E-state index in [1.807, 2.05) is 0 Å². The van der Waals surface area contributed by atoms with Gasteiger partial charge in [0, 0.05) is 6.20 Å². The van der Waals surface area contributed by atoms with Crippen LogP contribution in [0.1, 0.15) is 10.5 Å². The van der Waals surface area contributed by atoms with Crippen molar-refractivity contribution in [2.24, 2.45) is 5.73 Å². The van der Waals surface area contributed by atoms with Gasteiger partial charge in [0.25, 0.3) is 5.91 Å². The Bertz CT molecular complexity index is 566. The third-order valence-corrected chi connectivity index (χ3v) is 2.09. The predicted octanol–water partition coefficient (Wildman–Crippen LogP) is 1.52. The number of halogens is 2. The molecule has 1 aromatic carbocycles. The number of rotatable bonds is 2. The third kappa shape index (κ3) is 2.10. The van der Waals surface area contributed by atoms with E-state index in [-0.39, 0.29) is 17.1 Å². The fourth-order valence-corrected chi connectivity index (χ4v) is 1.33. The van der Waals surface area contributed by atoms with E-state index in [2.05, 4.69) is 9.97 Å². The lowest BCUT2D eigenvalue weighted by molar-refractivity contribution is 0.0995. The average molecular weight is 235 g/mol. The molecule has 2 rings (SSSR count). The average Bonchev–Trinajstić information content (AvgIpc) is 2.29. The topological polar surface area (TPSA) is 68.9 Å². The molecule has 0 aliphatic rings. The highest BCUT2D eigenvalue weighted by atomic mass is 19.1. The van der Waals surface area contributed by atoms with Crippen molar-refractivity contribution in [2.75, 3.05) is 0 Å². The molecular weight excluding hydrogens is 228 g/mol. The molecule has 0 spiro atoms. The molecule has 4 nitrogen and oxygen atoms in total. The van der Waals surface area contributed by atoms with E-state index in [1.54, 1.807) is 0 Å². The van der Waals surface area contributed by atoms with E-state index in [0.717, 1.165) is 12.1 Å². The second-order valence-electron chi connectivity index (χ2n) is 3.23. The van der Waals surface area contributed by atoms with Gasteiger partial charge in [-0.3, -0.25) is 4.79 Å². The Labute approximate surface area is 95.1 Å². The van der Waals surface area contributed by atoms with Crippen LogP contribution in [0.4, 0.5) is 8.78 Å². The van der Waals surface area contributed by atoms with Gasteiger partial charge in [0.2, 0.25) is 0 Å². The number of nitrogens with two attached hydrogens (primary N) is 1. The van der Waals surface area contributed by atoms with Crippen LogP contribution in [-0.4, -0.2) is 15.9 Å². The molecule has 2 N–H and O–H groups in total. The zero-order chi connectivity index (χ0) is 12.4. The lowest BCUT2D eigenvalue weighted by atomic mass is 10.2. The molecule has 0 atom stereocenters. The van der Waals surface area contributed by atoms with Crippen LogP contribution in [0.25, 0.3) is 11.4 Å². The Morgan fingerprint density at radius 2 is 1.82 bits per heavy atom. The van der Waals surface area contributed by atoms with Crippen LogP contribution in [-0.2, 0) is 0 Å². The third-order valence-electron chi connectivity index (χ3n) is 2.09. The highest BCUT2D eigenvalue weighted by molar-refractivity contribution is 5.91. The molecule has 0 fully saturated rings. The molecule has 0 radical (unpaired) electrons. The first-order chi connectivity index (χ1) is 8.09. The second kappa shape index (κ2) is 4.25. The highest BCUT2D eigenvalue weighted by Crippen LogP contribution is 2.22. The van der Waals surface area contributed by atoms with Gasteiger partial charge < -0.3 is 5.73 Å². The maximum absolute atomic E-state index is 13.4. The van der Waals surface area contributed by atoms with Crippen LogP contribution in [0.3, 0.4) is 0 Å². The molecule has 0 bridgehead atoms. The van der Waals surface area contributed by atoms with E-state index >= 15 is 0 Å². The van der Waals surface area contributed by atoms with E-state index < -0.39 is 17.5 Å². The van der Waals surface area contributed by atoms with Gasteiger partial charge in [0.15, 0.2) is 5.82 Å². The van der Waals surface area contributed by atoms with Crippen molar-refractivity contribution in [3.05, 3.63) is 47.8 Å². The Morgan fingerprint density at radius 3 is 2.41 bits per heavy atom. The summed E-state index contributed by atoms with van der Waals surface area (Å²) < 4.78 is 26.9. The first-order valence-corrected chi connectivity index (χ1v) is 4.67. The SMILES string of the molecule is NC(=O)c1ccnc(-c2c(F)cccc2F)n1. The summed E-state index contributed by atoms with van der Waals surface area (Å²) in [7, 11) is 0. The predicted molar refractivity (Wildman–Crippen MR) is 55.9 cm³/mol. The smallest absolute Gasteiger partial charge is 0.267 e. The fourth-order valence-electron chi connectivity index (χ4n) is 1.33. The van der Waals surface area contributed by atoms with Crippen molar-refractivity contribution in [3.8, 4) is 11.4 Å². The number of hydrogen-bond donors (Lipinski definition) is 1. The van der Waals surface area contributed by atoms with Gasteiger partial charge in [-0.05, 0) is 18.2 Å². The lowest BCUT2D eigenvalue weighted by Gasteiger charge is -2.03. The van der Waals surface area contributed by atoms with Crippen molar-refractivity contribution in [2.45, 2.75) is 0 Å². The summed E-state index contributed by atoms with van der Waals surface area (Å²) >= 11 is 0. The van der Waals surface area contributed by atoms with Crippen LogP contribution in [0.15, 0.2) is 30.5 Å². The largest absolute Gasteiger partial charge is 0.364 e. The zero-order valence-electron chi connectivity index (χ0n) is 8.52. The van der Waals surface area contributed by atoms with Gasteiger partial charge in [-0.2, -0.15) is 0 Å². The van der Waals surface area contributed by atoms with Crippen molar-refractivity contribution in [1.29, 1.82) is 0 Å². The van der Waals surface area contributed by atoms with E-state index in [1.165, 1.54) is 18.3 Å². The number of nitrogens with zero attached hydrogens (tertiary/aromatic N) is 2. The first kappa shape index (κ1) is 11.1. The number of carbonyl (C=O) groups is 1. The Balaban J connectivity index is 2.61. The monoisotopic (exact) mass is 235 g/mol. The number of hydrogen-bond acceptors (Lipinski definition) is 3. The number of primary amides is 1. The van der Waals surface area contributed by atoms with Crippen LogP contribution >= 0.6 is 0 Å².